The van der Waals surface area contributed by atoms with Crippen molar-refractivity contribution in [2.45, 2.75) is 38.0 Å². The zero-order valence-corrected chi connectivity index (χ0v) is 7.40. The Morgan fingerprint density at radius 2 is 2.08 bits per heavy atom. The molecule has 0 aromatic heterocycles. The molecule has 0 fully saturated rings. The minimum atomic E-state index is -0.683. The molecule has 2 unspecified atom stereocenters. The molecule has 0 radical (unpaired) electrons. The van der Waals surface area contributed by atoms with E-state index in [1.54, 1.807) is 0 Å². The van der Waals surface area contributed by atoms with Gasteiger partial charge in [0.05, 0.1) is 6.04 Å². The minimum Gasteiger partial charge on any atom is -0.368 e. The van der Waals surface area contributed by atoms with E-state index in [-0.39, 0.29) is 6.04 Å². The Labute approximate surface area is 72.7 Å². The highest BCUT2D eigenvalue weighted by atomic mass is 16.6. The summed E-state index contributed by atoms with van der Waals surface area (Å²) < 4.78 is 4.64. The highest BCUT2D eigenvalue weighted by Crippen LogP contribution is 2.04. The largest absolute Gasteiger partial charge is 0.368 e. The van der Waals surface area contributed by atoms with E-state index in [4.69, 9.17) is 10.8 Å². The van der Waals surface area contributed by atoms with Crippen molar-refractivity contribution in [1.82, 2.24) is 0 Å². The summed E-state index contributed by atoms with van der Waals surface area (Å²) in [6.45, 7) is 0. The number of aliphatic hydroxyl groups is 1. The van der Waals surface area contributed by atoms with E-state index in [1.165, 1.54) is 7.11 Å². The molecule has 3 N–H and O–H groups in total. The fraction of sp³-hybridized carbons (Fsp3) is 0.875. The number of methoxy groups -OCH3 is 1. The van der Waals surface area contributed by atoms with Gasteiger partial charge in [-0.3, -0.25) is 0 Å². The van der Waals surface area contributed by atoms with E-state index in [9.17, 15) is 4.79 Å². The van der Waals surface area contributed by atoms with Crippen LogP contribution < -0.4 is 5.73 Å². The number of nitrogens with two attached hydrogens (primary N) is 1. The van der Waals surface area contributed by atoms with Crippen molar-refractivity contribution in [3.05, 3.63) is 0 Å². The average molecular weight is 175 g/mol. The van der Waals surface area contributed by atoms with Crippen LogP contribution in [0, 0.1) is 0 Å². The molecule has 2 atom stereocenters. The van der Waals surface area contributed by atoms with Gasteiger partial charge in [0.2, 0.25) is 0 Å². The summed E-state index contributed by atoms with van der Waals surface area (Å²) in [5, 5.41) is 8.96. The lowest BCUT2D eigenvalue weighted by Gasteiger charge is -2.08. The molecule has 72 valence electrons. The van der Waals surface area contributed by atoms with E-state index >= 15 is 0 Å². The van der Waals surface area contributed by atoms with Gasteiger partial charge in [-0.1, -0.05) is 6.42 Å². The molecule has 0 spiro atoms. The first kappa shape index (κ1) is 11.6. The molecule has 0 rings (SSSR count). The fourth-order valence-electron chi connectivity index (χ4n) is 0.885. The Bertz CT molecular complexity index is 119. The first-order valence-electron chi connectivity index (χ1n) is 4.12. The number of ether oxygens (including phenoxy) is 1. The van der Waals surface area contributed by atoms with Crippen LogP contribution in [0.15, 0.2) is 0 Å². The van der Waals surface area contributed by atoms with Crippen LogP contribution in [0.4, 0.5) is 0 Å². The van der Waals surface area contributed by atoms with E-state index in [1.807, 2.05) is 0 Å². The molecule has 0 aliphatic carbocycles. The van der Waals surface area contributed by atoms with Gasteiger partial charge in [0.1, 0.15) is 6.29 Å². The molecule has 4 heteroatoms. The standard InChI is InChI=1S/C8H17NO3/c1-12-8(11)5-3-2-4-7(9)6-10/h6-8,11H,2-5,9H2,1H3. The zero-order chi connectivity index (χ0) is 9.40. The smallest absolute Gasteiger partial charge is 0.154 e. The molecular weight excluding hydrogens is 158 g/mol. The average Bonchev–Trinajstić information content (AvgIpc) is 2.11. The first-order valence-corrected chi connectivity index (χ1v) is 4.12. The van der Waals surface area contributed by atoms with Gasteiger partial charge < -0.3 is 20.4 Å². The van der Waals surface area contributed by atoms with Crippen molar-refractivity contribution in [2.24, 2.45) is 5.73 Å². The Kier molecular flexibility index (Phi) is 6.94. The topological polar surface area (TPSA) is 72.6 Å². The molecule has 0 heterocycles. The summed E-state index contributed by atoms with van der Waals surface area (Å²) in [5.41, 5.74) is 5.36. The van der Waals surface area contributed by atoms with Crippen molar-refractivity contribution in [2.75, 3.05) is 7.11 Å². The third-order valence-electron chi connectivity index (χ3n) is 1.69. The molecule has 0 aromatic carbocycles. The monoisotopic (exact) mass is 175 g/mol. The van der Waals surface area contributed by atoms with E-state index in [0.29, 0.717) is 12.8 Å². The molecule has 0 aromatic rings. The molecule has 4 nitrogen and oxygen atoms in total. The normalized spacial score (nSPS) is 15.6. The molecule has 12 heavy (non-hydrogen) atoms. The summed E-state index contributed by atoms with van der Waals surface area (Å²) in [6.07, 6.45) is 3.02. The highest BCUT2D eigenvalue weighted by Gasteiger charge is 2.02. The van der Waals surface area contributed by atoms with Crippen molar-refractivity contribution >= 4 is 6.29 Å². The van der Waals surface area contributed by atoms with Gasteiger partial charge in [-0.05, 0) is 19.3 Å². The molecular formula is C8H17NO3. The number of carbonyl (C=O) groups excluding carboxylic acids is 1. The van der Waals surface area contributed by atoms with Gasteiger partial charge in [-0.15, -0.1) is 0 Å². The summed E-state index contributed by atoms with van der Waals surface area (Å²) in [4.78, 5) is 10.1. The van der Waals surface area contributed by atoms with Crippen LogP contribution in [0.25, 0.3) is 0 Å². The molecule has 0 aliphatic heterocycles. The number of hydrogen-bond acceptors (Lipinski definition) is 4. The summed E-state index contributed by atoms with van der Waals surface area (Å²) in [7, 11) is 1.46. The van der Waals surface area contributed by atoms with Gasteiger partial charge in [-0.2, -0.15) is 0 Å². The third-order valence-corrected chi connectivity index (χ3v) is 1.69. The van der Waals surface area contributed by atoms with Crippen LogP contribution in [-0.4, -0.2) is 30.8 Å². The number of unbranched alkanes of at least 4 members (excludes halogenated alkanes) is 1. The molecule has 0 bridgehead atoms. The molecule has 0 amide bonds. The minimum absolute atomic E-state index is 0.357. The van der Waals surface area contributed by atoms with Crippen LogP contribution in [-0.2, 0) is 9.53 Å². The van der Waals surface area contributed by atoms with Crippen LogP contribution >= 0.6 is 0 Å². The van der Waals surface area contributed by atoms with Gasteiger partial charge in [0.15, 0.2) is 6.29 Å². The quantitative estimate of drug-likeness (QED) is 0.325. The summed E-state index contributed by atoms with van der Waals surface area (Å²) in [5.74, 6) is 0. The molecule has 0 aliphatic rings. The van der Waals surface area contributed by atoms with Crippen LogP contribution in [0.3, 0.4) is 0 Å². The lowest BCUT2D eigenvalue weighted by atomic mass is 10.1. The Morgan fingerprint density at radius 1 is 1.50 bits per heavy atom. The van der Waals surface area contributed by atoms with E-state index in [2.05, 4.69) is 4.74 Å². The number of carbonyl (C=O) groups is 1. The number of aliphatic hydroxyl groups excluding tert-OH is 1. The second-order valence-corrected chi connectivity index (χ2v) is 2.77. The maximum absolute atomic E-state index is 10.1. The summed E-state index contributed by atoms with van der Waals surface area (Å²) >= 11 is 0. The predicted octanol–water partition coefficient (Wildman–Crippen LogP) is 0.0378. The number of aldehydes is 1. The van der Waals surface area contributed by atoms with Crippen LogP contribution in [0.1, 0.15) is 25.7 Å². The maximum atomic E-state index is 10.1. The highest BCUT2D eigenvalue weighted by molar-refractivity contribution is 5.56. The Balaban J connectivity index is 3.15. The lowest BCUT2D eigenvalue weighted by Crippen LogP contribution is -2.21. The van der Waals surface area contributed by atoms with Gasteiger partial charge in [-0.25, -0.2) is 0 Å². The second kappa shape index (κ2) is 7.21. The predicted molar refractivity (Wildman–Crippen MR) is 45.5 cm³/mol. The first-order chi connectivity index (χ1) is 5.70. The molecule has 0 saturated carbocycles. The van der Waals surface area contributed by atoms with E-state index in [0.717, 1.165) is 19.1 Å². The third kappa shape index (κ3) is 6.27. The maximum Gasteiger partial charge on any atom is 0.154 e. The fourth-order valence-corrected chi connectivity index (χ4v) is 0.885. The number of hydrogen-bond donors (Lipinski definition) is 2. The van der Waals surface area contributed by atoms with Gasteiger partial charge >= 0.3 is 0 Å². The number of rotatable bonds is 7. The summed E-state index contributed by atoms with van der Waals surface area (Å²) in [6, 6.07) is -0.357. The zero-order valence-electron chi connectivity index (χ0n) is 7.40. The second-order valence-electron chi connectivity index (χ2n) is 2.77. The van der Waals surface area contributed by atoms with Crippen LogP contribution in [0.5, 0.6) is 0 Å². The van der Waals surface area contributed by atoms with Crippen molar-refractivity contribution < 1.29 is 14.6 Å². The van der Waals surface area contributed by atoms with Gasteiger partial charge in [0, 0.05) is 7.11 Å². The Hall–Kier alpha value is -0.450. The van der Waals surface area contributed by atoms with Crippen molar-refractivity contribution in [3.8, 4) is 0 Å². The molecule has 0 saturated heterocycles. The van der Waals surface area contributed by atoms with Crippen LogP contribution in [0.2, 0.25) is 0 Å². The van der Waals surface area contributed by atoms with Gasteiger partial charge in [0.25, 0.3) is 0 Å². The lowest BCUT2D eigenvalue weighted by molar-refractivity contribution is -0.109. The Morgan fingerprint density at radius 3 is 2.58 bits per heavy atom. The van der Waals surface area contributed by atoms with Crippen molar-refractivity contribution in [3.63, 3.8) is 0 Å². The van der Waals surface area contributed by atoms with E-state index < -0.39 is 6.29 Å². The van der Waals surface area contributed by atoms with Crippen molar-refractivity contribution in [1.29, 1.82) is 0 Å². The SMILES string of the molecule is COC(O)CCCCC(N)C=O.